The molecule has 5 atom stereocenters. The van der Waals surface area contributed by atoms with Crippen LogP contribution in [0.25, 0.3) is 0 Å². The number of fused-ring (bicyclic) bond motifs is 2. The molecule has 0 radical (unpaired) electrons. The van der Waals surface area contributed by atoms with Crippen molar-refractivity contribution in [1.82, 2.24) is 0 Å². The number of rotatable bonds is 1. The molecule has 3 fully saturated rings. The lowest BCUT2D eigenvalue weighted by Gasteiger charge is -2.30. The first-order valence-electron chi connectivity index (χ1n) is 6.99. The maximum Gasteiger partial charge on any atom is 0.309 e. The molecule has 1 aliphatic heterocycles. The van der Waals surface area contributed by atoms with Crippen LogP contribution >= 0.6 is 0 Å². The van der Waals surface area contributed by atoms with E-state index in [2.05, 4.69) is 0 Å². The Labute approximate surface area is 103 Å². The summed E-state index contributed by atoms with van der Waals surface area (Å²) in [5.74, 6) is 2.21. The van der Waals surface area contributed by atoms with Crippen LogP contribution in [-0.2, 0) is 14.3 Å². The van der Waals surface area contributed by atoms with Gasteiger partial charge in [0, 0.05) is 13.0 Å². The van der Waals surface area contributed by atoms with Crippen LogP contribution in [0.1, 0.15) is 38.5 Å². The highest BCUT2D eigenvalue weighted by Gasteiger charge is 2.44. The highest BCUT2D eigenvalue weighted by Crippen LogP contribution is 2.46. The zero-order chi connectivity index (χ0) is 11.8. The Morgan fingerprint density at radius 3 is 2.88 bits per heavy atom. The fourth-order valence-electron chi connectivity index (χ4n) is 4.25. The number of esters is 1. The van der Waals surface area contributed by atoms with Crippen LogP contribution in [-0.4, -0.2) is 25.8 Å². The first-order chi connectivity index (χ1) is 8.29. The molecular formula is C14H22O3. The van der Waals surface area contributed by atoms with E-state index in [4.69, 9.17) is 9.47 Å². The molecule has 0 amide bonds. The van der Waals surface area contributed by atoms with Crippen LogP contribution < -0.4 is 0 Å². The lowest BCUT2D eigenvalue weighted by Crippen LogP contribution is -2.29. The van der Waals surface area contributed by atoms with Crippen LogP contribution in [0, 0.1) is 23.7 Å². The van der Waals surface area contributed by atoms with Crippen molar-refractivity contribution in [3.05, 3.63) is 0 Å². The largest absolute Gasteiger partial charge is 0.465 e. The van der Waals surface area contributed by atoms with Gasteiger partial charge in [-0.15, -0.1) is 0 Å². The minimum absolute atomic E-state index is 0.0559. The van der Waals surface area contributed by atoms with Crippen LogP contribution in [0.3, 0.4) is 0 Å². The van der Waals surface area contributed by atoms with Gasteiger partial charge in [0.2, 0.25) is 0 Å². The summed E-state index contributed by atoms with van der Waals surface area (Å²) in [4.78, 5) is 11.7. The lowest BCUT2D eigenvalue weighted by molar-refractivity contribution is -0.141. The molecule has 0 bridgehead atoms. The number of carbonyl (C=O) groups excluding carboxylic acids is 1. The molecule has 3 heteroatoms. The normalized spacial score (nSPS) is 45.7. The molecule has 1 saturated heterocycles. The minimum atomic E-state index is 0.0559. The fourth-order valence-corrected chi connectivity index (χ4v) is 4.25. The molecule has 2 saturated carbocycles. The van der Waals surface area contributed by atoms with Crippen molar-refractivity contribution >= 4 is 5.97 Å². The van der Waals surface area contributed by atoms with Gasteiger partial charge in [-0.25, -0.2) is 0 Å². The Kier molecular flexibility index (Phi) is 3.12. The van der Waals surface area contributed by atoms with Gasteiger partial charge in [-0.1, -0.05) is 12.8 Å². The highest BCUT2D eigenvalue weighted by atomic mass is 16.5. The number of hydrogen-bond acceptors (Lipinski definition) is 3. The Morgan fingerprint density at radius 2 is 2.06 bits per heavy atom. The number of methoxy groups -OCH3 is 1. The third-order valence-electron chi connectivity index (χ3n) is 5.18. The maximum absolute atomic E-state index is 11.7. The van der Waals surface area contributed by atoms with E-state index < -0.39 is 0 Å². The highest BCUT2D eigenvalue weighted by molar-refractivity contribution is 5.74. The van der Waals surface area contributed by atoms with Gasteiger partial charge in [-0.05, 0) is 37.5 Å². The Morgan fingerprint density at radius 1 is 1.18 bits per heavy atom. The van der Waals surface area contributed by atoms with Gasteiger partial charge in [0.05, 0.1) is 18.6 Å². The summed E-state index contributed by atoms with van der Waals surface area (Å²) in [7, 11) is 1.83. The topological polar surface area (TPSA) is 35.5 Å². The van der Waals surface area contributed by atoms with E-state index in [9.17, 15) is 4.79 Å². The third kappa shape index (κ3) is 1.99. The smallest absolute Gasteiger partial charge is 0.309 e. The summed E-state index contributed by atoms with van der Waals surface area (Å²) in [5.41, 5.74) is 0. The summed E-state index contributed by atoms with van der Waals surface area (Å²) in [6.07, 6.45) is 7.60. The number of hydrogen-bond donors (Lipinski definition) is 0. The summed E-state index contributed by atoms with van der Waals surface area (Å²) in [6, 6.07) is 0. The molecule has 96 valence electrons. The average molecular weight is 238 g/mol. The molecule has 0 aromatic carbocycles. The lowest BCUT2D eigenvalue weighted by atomic mass is 9.75. The minimum Gasteiger partial charge on any atom is -0.465 e. The number of carbonyl (C=O) groups is 1. The van der Waals surface area contributed by atoms with Gasteiger partial charge in [0.15, 0.2) is 0 Å². The van der Waals surface area contributed by atoms with Crippen molar-refractivity contribution in [2.24, 2.45) is 23.7 Å². The van der Waals surface area contributed by atoms with Crippen molar-refractivity contribution in [3.8, 4) is 0 Å². The SMILES string of the molecule is CO[C@@H]1CC[C@@H]2CCC[C@H]3C(=O)OC[C@H]3C[C@H]21. The third-order valence-corrected chi connectivity index (χ3v) is 5.18. The van der Waals surface area contributed by atoms with Gasteiger partial charge < -0.3 is 9.47 Å². The summed E-state index contributed by atoms with van der Waals surface area (Å²) < 4.78 is 10.9. The molecule has 17 heavy (non-hydrogen) atoms. The quantitative estimate of drug-likeness (QED) is 0.658. The standard InChI is InChI=1S/C14H22O3/c1-16-13-6-5-9-3-2-4-11-10(7-12(9)13)8-17-14(11)15/h9-13H,2-8H2,1H3/t9-,10+,11+,12+,13+/m0/s1. The molecule has 1 heterocycles. The van der Waals surface area contributed by atoms with Crippen LogP contribution in [0.4, 0.5) is 0 Å². The summed E-state index contributed by atoms with van der Waals surface area (Å²) in [6.45, 7) is 0.656. The van der Waals surface area contributed by atoms with Gasteiger partial charge in [-0.3, -0.25) is 4.79 Å². The molecule has 0 N–H and O–H groups in total. The van der Waals surface area contributed by atoms with Crippen molar-refractivity contribution in [2.75, 3.05) is 13.7 Å². The number of ether oxygens (including phenoxy) is 2. The molecule has 0 aromatic rings. The first-order valence-corrected chi connectivity index (χ1v) is 6.99. The monoisotopic (exact) mass is 238 g/mol. The van der Waals surface area contributed by atoms with Crippen LogP contribution in [0.5, 0.6) is 0 Å². The molecule has 3 aliphatic rings. The van der Waals surface area contributed by atoms with Crippen molar-refractivity contribution < 1.29 is 14.3 Å². The van der Waals surface area contributed by atoms with Crippen molar-refractivity contribution in [3.63, 3.8) is 0 Å². The Balaban J connectivity index is 1.75. The van der Waals surface area contributed by atoms with Crippen molar-refractivity contribution in [2.45, 2.75) is 44.6 Å². The summed E-state index contributed by atoms with van der Waals surface area (Å²) in [5, 5.41) is 0. The molecular weight excluding hydrogens is 216 g/mol. The predicted molar refractivity (Wildman–Crippen MR) is 63.4 cm³/mol. The van der Waals surface area contributed by atoms with E-state index >= 15 is 0 Å². The predicted octanol–water partition coefficient (Wildman–Crippen LogP) is 2.39. The van der Waals surface area contributed by atoms with Gasteiger partial charge in [-0.2, -0.15) is 0 Å². The van der Waals surface area contributed by atoms with E-state index in [1.807, 2.05) is 7.11 Å². The summed E-state index contributed by atoms with van der Waals surface area (Å²) >= 11 is 0. The van der Waals surface area contributed by atoms with E-state index in [1.165, 1.54) is 25.7 Å². The van der Waals surface area contributed by atoms with E-state index in [0.717, 1.165) is 18.8 Å². The van der Waals surface area contributed by atoms with Crippen LogP contribution in [0.15, 0.2) is 0 Å². The zero-order valence-electron chi connectivity index (χ0n) is 10.6. The molecule has 0 aromatic heterocycles. The second kappa shape index (κ2) is 4.60. The fraction of sp³-hybridized carbons (Fsp3) is 0.929. The van der Waals surface area contributed by atoms with Crippen LogP contribution in [0.2, 0.25) is 0 Å². The Hall–Kier alpha value is -0.570. The van der Waals surface area contributed by atoms with E-state index in [-0.39, 0.29) is 11.9 Å². The molecule has 0 unspecified atom stereocenters. The van der Waals surface area contributed by atoms with E-state index in [1.54, 1.807) is 0 Å². The molecule has 0 spiro atoms. The Bertz CT molecular complexity index is 302. The van der Waals surface area contributed by atoms with E-state index in [0.29, 0.717) is 24.5 Å². The van der Waals surface area contributed by atoms with Crippen molar-refractivity contribution in [1.29, 1.82) is 0 Å². The van der Waals surface area contributed by atoms with Gasteiger partial charge in [0.1, 0.15) is 0 Å². The van der Waals surface area contributed by atoms with Gasteiger partial charge in [0.25, 0.3) is 0 Å². The molecule has 2 aliphatic carbocycles. The zero-order valence-corrected chi connectivity index (χ0v) is 10.6. The maximum atomic E-state index is 11.7. The molecule has 3 nitrogen and oxygen atoms in total. The molecule has 3 rings (SSSR count). The second-order valence-electron chi connectivity index (χ2n) is 5.94. The first kappa shape index (κ1) is 11.5. The second-order valence-corrected chi connectivity index (χ2v) is 5.94. The average Bonchev–Trinajstić information content (AvgIpc) is 2.83. The van der Waals surface area contributed by atoms with Gasteiger partial charge >= 0.3 is 5.97 Å². The number of cyclic esters (lactones) is 1.